The zero-order chi connectivity index (χ0) is 19.5. The monoisotopic (exact) mass is 397 g/mol. The Balaban J connectivity index is 1.64. The zero-order valence-corrected chi connectivity index (χ0v) is 16.8. The van der Waals surface area contributed by atoms with Gasteiger partial charge in [0.2, 0.25) is 0 Å². The molecule has 1 aromatic carbocycles. The van der Waals surface area contributed by atoms with Crippen LogP contribution in [0, 0.1) is 5.82 Å². The third-order valence-corrected chi connectivity index (χ3v) is 6.56. The third-order valence-electron chi connectivity index (χ3n) is 5.33. The summed E-state index contributed by atoms with van der Waals surface area (Å²) < 4.78 is 16.3. The van der Waals surface area contributed by atoms with Crippen LogP contribution in [-0.2, 0) is 19.9 Å². The molecule has 0 spiro atoms. The van der Waals surface area contributed by atoms with Crippen LogP contribution in [0.2, 0.25) is 0 Å². The van der Waals surface area contributed by atoms with E-state index in [9.17, 15) is 9.18 Å². The first-order valence-electron chi connectivity index (χ1n) is 9.77. The number of halogens is 1. The predicted octanol–water partition coefficient (Wildman–Crippen LogP) is 4.80. The number of nitrogens with zero attached hydrogens (tertiary/aromatic N) is 2. The van der Waals surface area contributed by atoms with E-state index in [2.05, 4.69) is 10.3 Å². The number of benzene rings is 1. The standard InChI is InChI=1S/C22H24FN3OS/c1-26-13-12-24-21(26)20(16-9-6-7-10-17(16)23)25-22(27)19-14-15-8-4-2-3-5-11-18(15)28-19/h6-7,9-10,12-14,20H,2-5,8,11H2,1H3,(H,25,27). The van der Waals surface area contributed by atoms with Crippen LogP contribution in [0.4, 0.5) is 4.39 Å². The molecule has 0 fully saturated rings. The molecule has 1 atom stereocenters. The summed E-state index contributed by atoms with van der Waals surface area (Å²) in [5.41, 5.74) is 1.72. The Morgan fingerprint density at radius 1 is 1.21 bits per heavy atom. The van der Waals surface area contributed by atoms with Gasteiger partial charge in [0.25, 0.3) is 5.91 Å². The molecule has 0 saturated heterocycles. The lowest BCUT2D eigenvalue weighted by Gasteiger charge is -2.19. The molecule has 0 radical (unpaired) electrons. The van der Waals surface area contributed by atoms with Crippen molar-refractivity contribution in [3.63, 3.8) is 0 Å². The summed E-state index contributed by atoms with van der Waals surface area (Å²) in [4.78, 5) is 19.5. The number of amides is 1. The Kier molecular flexibility index (Phi) is 5.57. The van der Waals surface area contributed by atoms with Crippen molar-refractivity contribution >= 4 is 17.2 Å². The van der Waals surface area contributed by atoms with Crippen molar-refractivity contribution < 1.29 is 9.18 Å². The second-order valence-electron chi connectivity index (χ2n) is 7.30. The van der Waals surface area contributed by atoms with E-state index in [4.69, 9.17) is 0 Å². The summed E-state index contributed by atoms with van der Waals surface area (Å²) in [6.07, 6.45) is 10.4. The highest BCUT2D eigenvalue weighted by molar-refractivity contribution is 7.14. The molecule has 0 bridgehead atoms. The van der Waals surface area contributed by atoms with Gasteiger partial charge in [0.1, 0.15) is 17.7 Å². The second kappa shape index (κ2) is 8.27. The molecule has 146 valence electrons. The fourth-order valence-corrected chi connectivity index (χ4v) is 4.96. The van der Waals surface area contributed by atoms with Gasteiger partial charge in [0, 0.05) is 29.9 Å². The number of carbonyl (C=O) groups excluding carboxylic acids is 1. The molecule has 4 rings (SSSR count). The topological polar surface area (TPSA) is 46.9 Å². The Hall–Kier alpha value is -2.47. The lowest BCUT2D eigenvalue weighted by molar-refractivity contribution is 0.0944. The molecule has 0 aliphatic heterocycles. The van der Waals surface area contributed by atoms with E-state index in [-0.39, 0.29) is 11.7 Å². The number of rotatable bonds is 4. The fraction of sp³-hybridized carbons (Fsp3) is 0.364. The number of imidazole rings is 1. The lowest BCUT2D eigenvalue weighted by atomic mass is 9.99. The molecule has 1 N–H and O–H groups in total. The van der Waals surface area contributed by atoms with Crippen LogP contribution in [0.5, 0.6) is 0 Å². The Bertz CT molecular complexity index is 952. The van der Waals surface area contributed by atoms with E-state index in [0.717, 1.165) is 12.8 Å². The van der Waals surface area contributed by atoms with E-state index in [1.54, 1.807) is 41.9 Å². The maximum absolute atomic E-state index is 14.5. The number of nitrogens with one attached hydrogen (secondary N) is 1. The molecular formula is C22H24FN3OS. The Morgan fingerprint density at radius 2 is 2.00 bits per heavy atom. The van der Waals surface area contributed by atoms with Crippen molar-refractivity contribution in [1.29, 1.82) is 0 Å². The largest absolute Gasteiger partial charge is 0.337 e. The molecular weight excluding hydrogens is 373 g/mol. The quantitative estimate of drug-likeness (QED) is 0.687. The van der Waals surface area contributed by atoms with Crippen LogP contribution in [0.3, 0.4) is 0 Å². The highest BCUT2D eigenvalue weighted by Gasteiger charge is 2.25. The molecule has 4 nitrogen and oxygen atoms in total. The predicted molar refractivity (Wildman–Crippen MR) is 109 cm³/mol. The van der Waals surface area contributed by atoms with E-state index in [1.807, 2.05) is 17.7 Å². The van der Waals surface area contributed by atoms with Crippen LogP contribution < -0.4 is 5.32 Å². The summed E-state index contributed by atoms with van der Waals surface area (Å²) in [6.45, 7) is 0. The summed E-state index contributed by atoms with van der Waals surface area (Å²) >= 11 is 1.58. The first-order valence-corrected chi connectivity index (χ1v) is 10.6. The smallest absolute Gasteiger partial charge is 0.262 e. The molecule has 28 heavy (non-hydrogen) atoms. The van der Waals surface area contributed by atoms with E-state index < -0.39 is 6.04 Å². The van der Waals surface area contributed by atoms with E-state index in [1.165, 1.54) is 42.2 Å². The number of carbonyl (C=O) groups is 1. The van der Waals surface area contributed by atoms with Crippen LogP contribution in [-0.4, -0.2) is 15.5 Å². The minimum Gasteiger partial charge on any atom is -0.337 e. The third kappa shape index (κ3) is 3.87. The van der Waals surface area contributed by atoms with Gasteiger partial charge in [-0.3, -0.25) is 4.79 Å². The normalized spacial score (nSPS) is 15.4. The maximum Gasteiger partial charge on any atom is 0.262 e. The van der Waals surface area contributed by atoms with Crippen molar-refractivity contribution in [2.45, 2.75) is 44.6 Å². The minimum absolute atomic E-state index is 0.173. The van der Waals surface area contributed by atoms with Gasteiger partial charge in [0.15, 0.2) is 0 Å². The molecule has 2 heterocycles. The SMILES string of the molecule is Cn1ccnc1C(NC(=O)c1cc2c(s1)CCCCCC2)c1ccccc1F. The molecule has 1 aliphatic carbocycles. The number of aromatic nitrogens is 2. The van der Waals surface area contributed by atoms with Crippen LogP contribution in [0.1, 0.15) is 63.2 Å². The first kappa shape index (κ1) is 18.9. The van der Waals surface area contributed by atoms with Gasteiger partial charge in [-0.05, 0) is 43.4 Å². The summed E-state index contributed by atoms with van der Waals surface area (Å²) in [6, 6.07) is 7.92. The fourth-order valence-electron chi connectivity index (χ4n) is 3.80. The van der Waals surface area contributed by atoms with Crippen molar-refractivity contribution in [1.82, 2.24) is 14.9 Å². The molecule has 6 heteroatoms. The maximum atomic E-state index is 14.5. The molecule has 1 aliphatic rings. The van der Waals surface area contributed by atoms with Crippen LogP contribution >= 0.6 is 11.3 Å². The van der Waals surface area contributed by atoms with Gasteiger partial charge in [0.05, 0.1) is 4.88 Å². The minimum atomic E-state index is -0.640. The van der Waals surface area contributed by atoms with E-state index >= 15 is 0 Å². The Labute approximate surface area is 168 Å². The number of thiophene rings is 1. The summed E-state index contributed by atoms with van der Waals surface area (Å²) in [7, 11) is 1.85. The second-order valence-corrected chi connectivity index (χ2v) is 8.43. The molecule has 3 aromatic rings. The molecule has 2 aromatic heterocycles. The molecule has 1 amide bonds. The summed E-state index contributed by atoms with van der Waals surface area (Å²) in [5.74, 6) is 0.0793. The summed E-state index contributed by atoms with van der Waals surface area (Å²) in [5, 5.41) is 3.02. The first-order chi connectivity index (χ1) is 13.6. The molecule has 1 unspecified atom stereocenters. The number of hydrogen-bond acceptors (Lipinski definition) is 3. The number of fused-ring (bicyclic) bond motifs is 1. The van der Waals surface area contributed by atoms with Crippen molar-refractivity contribution in [3.05, 3.63) is 75.2 Å². The van der Waals surface area contributed by atoms with Gasteiger partial charge in [-0.25, -0.2) is 9.37 Å². The van der Waals surface area contributed by atoms with E-state index in [0.29, 0.717) is 16.3 Å². The van der Waals surface area contributed by atoms with Crippen LogP contribution in [0.15, 0.2) is 42.7 Å². The average molecular weight is 398 g/mol. The lowest BCUT2D eigenvalue weighted by Crippen LogP contribution is -2.31. The highest BCUT2D eigenvalue weighted by Crippen LogP contribution is 2.30. The zero-order valence-electron chi connectivity index (χ0n) is 16.0. The van der Waals surface area contributed by atoms with Crippen molar-refractivity contribution in [2.24, 2.45) is 7.05 Å². The number of hydrogen-bond donors (Lipinski definition) is 1. The molecule has 0 saturated carbocycles. The van der Waals surface area contributed by atoms with Gasteiger partial charge in [-0.15, -0.1) is 11.3 Å². The van der Waals surface area contributed by atoms with Crippen molar-refractivity contribution in [2.75, 3.05) is 0 Å². The highest BCUT2D eigenvalue weighted by atomic mass is 32.1. The number of aryl methyl sites for hydroxylation is 3. The van der Waals surface area contributed by atoms with Crippen LogP contribution in [0.25, 0.3) is 0 Å². The van der Waals surface area contributed by atoms with Gasteiger partial charge >= 0.3 is 0 Å². The van der Waals surface area contributed by atoms with Crippen molar-refractivity contribution in [3.8, 4) is 0 Å². The van der Waals surface area contributed by atoms with Gasteiger partial charge in [-0.1, -0.05) is 31.0 Å². The van der Waals surface area contributed by atoms with Gasteiger partial charge < -0.3 is 9.88 Å². The average Bonchev–Trinajstić information content (AvgIpc) is 3.26. The van der Waals surface area contributed by atoms with Gasteiger partial charge in [-0.2, -0.15) is 0 Å². The Morgan fingerprint density at radius 3 is 2.75 bits per heavy atom.